The lowest BCUT2D eigenvalue weighted by molar-refractivity contribution is 0.586. The first-order valence-corrected chi connectivity index (χ1v) is 8.67. The highest BCUT2D eigenvalue weighted by Gasteiger charge is 2.13. The zero-order valence-electron chi connectivity index (χ0n) is 14.9. The second kappa shape index (κ2) is 7.65. The Morgan fingerprint density at radius 1 is 1.27 bits per heavy atom. The van der Waals surface area contributed by atoms with Crippen molar-refractivity contribution in [3.8, 4) is 0 Å². The molecule has 3 rings (SSSR count). The van der Waals surface area contributed by atoms with Gasteiger partial charge in [-0.2, -0.15) is 10.2 Å². The number of nitrogens with one attached hydrogen (secondary N) is 2. The molecule has 1 aromatic carbocycles. The molecule has 1 unspecified atom stereocenters. The van der Waals surface area contributed by atoms with Crippen molar-refractivity contribution in [2.24, 2.45) is 7.05 Å². The Morgan fingerprint density at radius 3 is 2.73 bits per heavy atom. The van der Waals surface area contributed by atoms with Gasteiger partial charge in [0, 0.05) is 36.6 Å². The van der Waals surface area contributed by atoms with E-state index in [1.54, 1.807) is 33.8 Å². The summed E-state index contributed by atoms with van der Waals surface area (Å²) in [6.07, 6.45) is 3.75. The third-order valence-corrected chi connectivity index (χ3v) is 4.26. The average Bonchev–Trinajstić information content (AvgIpc) is 3.15. The Kier molecular flexibility index (Phi) is 5.32. The Hall–Kier alpha value is -2.74. The molecule has 0 aliphatic carbocycles. The Labute approximate surface area is 157 Å². The summed E-state index contributed by atoms with van der Waals surface area (Å²) in [5.41, 5.74) is 2.63. The summed E-state index contributed by atoms with van der Waals surface area (Å²) in [6, 6.07) is 8.48. The molecule has 2 aromatic heterocycles. The molecule has 26 heavy (non-hydrogen) atoms. The van der Waals surface area contributed by atoms with Crippen molar-refractivity contribution in [2.75, 3.05) is 5.32 Å². The number of aryl methyl sites for hydroxylation is 2. The maximum atomic E-state index is 13.7. The molecule has 0 aliphatic rings. The second-order valence-corrected chi connectivity index (χ2v) is 6.56. The van der Waals surface area contributed by atoms with Crippen molar-refractivity contribution >= 4 is 23.1 Å². The molecule has 6 nitrogen and oxygen atoms in total. The van der Waals surface area contributed by atoms with Crippen molar-refractivity contribution in [1.82, 2.24) is 24.9 Å². The van der Waals surface area contributed by atoms with E-state index in [0.717, 1.165) is 11.3 Å². The van der Waals surface area contributed by atoms with Crippen molar-refractivity contribution in [2.45, 2.75) is 26.4 Å². The van der Waals surface area contributed by atoms with Crippen LogP contribution < -0.4 is 10.6 Å². The van der Waals surface area contributed by atoms with Gasteiger partial charge in [0.15, 0.2) is 10.9 Å². The molecular formula is C18H21FN6S. The van der Waals surface area contributed by atoms with E-state index in [9.17, 15) is 4.39 Å². The van der Waals surface area contributed by atoms with Crippen LogP contribution in [0.2, 0.25) is 0 Å². The molecular weight excluding hydrogens is 351 g/mol. The SMILES string of the molecule is Cc1nn(C)cc1C(C)NC(=S)Nc1ccn(Cc2ccccc2F)n1. The van der Waals surface area contributed by atoms with Crippen LogP contribution in [0.15, 0.2) is 42.7 Å². The third kappa shape index (κ3) is 4.26. The van der Waals surface area contributed by atoms with Gasteiger partial charge in [-0.3, -0.25) is 9.36 Å². The number of thiocarbonyl (C=S) groups is 1. The van der Waals surface area contributed by atoms with E-state index in [1.807, 2.05) is 33.2 Å². The van der Waals surface area contributed by atoms with Crippen LogP contribution >= 0.6 is 12.2 Å². The van der Waals surface area contributed by atoms with Gasteiger partial charge in [0.2, 0.25) is 0 Å². The van der Waals surface area contributed by atoms with Crippen LogP contribution in [0.5, 0.6) is 0 Å². The molecule has 0 bridgehead atoms. The van der Waals surface area contributed by atoms with Gasteiger partial charge in [-0.15, -0.1) is 0 Å². The lowest BCUT2D eigenvalue weighted by atomic mass is 10.1. The van der Waals surface area contributed by atoms with Crippen LogP contribution in [-0.4, -0.2) is 24.7 Å². The molecule has 3 aromatic rings. The molecule has 0 saturated carbocycles. The van der Waals surface area contributed by atoms with Gasteiger partial charge in [-0.05, 0) is 32.1 Å². The van der Waals surface area contributed by atoms with E-state index >= 15 is 0 Å². The van der Waals surface area contributed by atoms with Crippen molar-refractivity contribution < 1.29 is 4.39 Å². The first-order chi connectivity index (χ1) is 12.4. The summed E-state index contributed by atoms with van der Waals surface area (Å²) in [4.78, 5) is 0. The Bertz CT molecular complexity index is 916. The molecule has 8 heteroatoms. The predicted octanol–water partition coefficient (Wildman–Crippen LogP) is 3.16. The van der Waals surface area contributed by atoms with Gasteiger partial charge < -0.3 is 10.6 Å². The third-order valence-electron chi connectivity index (χ3n) is 4.04. The van der Waals surface area contributed by atoms with Crippen LogP contribution in [0.4, 0.5) is 10.2 Å². The molecule has 2 heterocycles. The second-order valence-electron chi connectivity index (χ2n) is 6.15. The molecule has 0 spiro atoms. The molecule has 1 atom stereocenters. The lowest BCUT2D eigenvalue weighted by Gasteiger charge is -2.15. The summed E-state index contributed by atoms with van der Waals surface area (Å²) >= 11 is 5.36. The highest BCUT2D eigenvalue weighted by atomic mass is 32.1. The zero-order chi connectivity index (χ0) is 18.7. The van der Waals surface area contributed by atoms with Gasteiger partial charge in [0.25, 0.3) is 0 Å². The van der Waals surface area contributed by atoms with Gasteiger partial charge >= 0.3 is 0 Å². The minimum atomic E-state index is -0.240. The van der Waals surface area contributed by atoms with Crippen LogP contribution in [0.1, 0.15) is 29.8 Å². The monoisotopic (exact) mass is 372 g/mol. The highest BCUT2D eigenvalue weighted by Crippen LogP contribution is 2.16. The van der Waals surface area contributed by atoms with E-state index in [0.29, 0.717) is 23.0 Å². The minimum Gasteiger partial charge on any atom is -0.356 e. The maximum Gasteiger partial charge on any atom is 0.172 e. The van der Waals surface area contributed by atoms with Crippen LogP contribution in [0.3, 0.4) is 0 Å². The summed E-state index contributed by atoms with van der Waals surface area (Å²) in [5, 5.41) is 15.5. The number of halogens is 1. The lowest BCUT2D eigenvalue weighted by Crippen LogP contribution is -2.31. The average molecular weight is 372 g/mol. The molecule has 0 radical (unpaired) electrons. The van der Waals surface area contributed by atoms with E-state index in [2.05, 4.69) is 20.8 Å². The highest BCUT2D eigenvalue weighted by molar-refractivity contribution is 7.80. The largest absolute Gasteiger partial charge is 0.356 e. The Balaban J connectivity index is 1.59. The molecule has 0 aliphatic heterocycles. The van der Waals surface area contributed by atoms with Crippen LogP contribution in [0.25, 0.3) is 0 Å². The van der Waals surface area contributed by atoms with Gasteiger partial charge in [0.1, 0.15) is 5.82 Å². The molecule has 0 amide bonds. The summed E-state index contributed by atoms with van der Waals surface area (Å²) in [7, 11) is 1.89. The van der Waals surface area contributed by atoms with Crippen LogP contribution in [-0.2, 0) is 13.6 Å². The maximum absolute atomic E-state index is 13.7. The number of benzene rings is 1. The van der Waals surface area contributed by atoms with Gasteiger partial charge in [0.05, 0.1) is 18.3 Å². The molecule has 136 valence electrons. The first kappa shape index (κ1) is 18.1. The zero-order valence-corrected chi connectivity index (χ0v) is 15.7. The summed E-state index contributed by atoms with van der Waals surface area (Å²) in [5.74, 6) is 0.365. The fourth-order valence-electron chi connectivity index (χ4n) is 2.79. The van der Waals surface area contributed by atoms with Crippen molar-refractivity contribution in [3.63, 3.8) is 0 Å². The fraction of sp³-hybridized carbons (Fsp3) is 0.278. The Morgan fingerprint density at radius 2 is 2.04 bits per heavy atom. The number of rotatable bonds is 5. The fourth-order valence-corrected chi connectivity index (χ4v) is 3.07. The number of anilines is 1. The predicted molar refractivity (Wildman–Crippen MR) is 103 cm³/mol. The van der Waals surface area contributed by atoms with E-state index in [1.165, 1.54) is 6.07 Å². The normalized spacial score (nSPS) is 12.0. The van der Waals surface area contributed by atoms with E-state index < -0.39 is 0 Å². The van der Waals surface area contributed by atoms with Crippen LogP contribution in [0, 0.1) is 12.7 Å². The van der Waals surface area contributed by atoms with E-state index in [-0.39, 0.29) is 11.9 Å². The van der Waals surface area contributed by atoms with E-state index in [4.69, 9.17) is 12.2 Å². The standard InChI is InChI=1S/C18H21FN6S/c1-12(15-11-24(3)22-13(15)2)20-18(26)21-17-8-9-25(23-17)10-14-6-4-5-7-16(14)19/h4-9,11-12H,10H2,1-3H3,(H2,20,21,23,26). The first-order valence-electron chi connectivity index (χ1n) is 8.27. The van der Waals surface area contributed by atoms with Crippen molar-refractivity contribution in [1.29, 1.82) is 0 Å². The molecule has 0 saturated heterocycles. The van der Waals surface area contributed by atoms with Gasteiger partial charge in [-0.25, -0.2) is 4.39 Å². The molecule has 2 N–H and O–H groups in total. The summed E-state index contributed by atoms with van der Waals surface area (Å²) in [6.45, 7) is 4.35. The molecule has 0 fully saturated rings. The van der Waals surface area contributed by atoms with Gasteiger partial charge in [-0.1, -0.05) is 18.2 Å². The van der Waals surface area contributed by atoms with Crippen molar-refractivity contribution in [3.05, 3.63) is 65.4 Å². The smallest absolute Gasteiger partial charge is 0.172 e. The number of aromatic nitrogens is 4. The topological polar surface area (TPSA) is 59.7 Å². The minimum absolute atomic E-state index is 0.0178. The number of nitrogens with zero attached hydrogens (tertiary/aromatic N) is 4. The quantitative estimate of drug-likeness (QED) is 0.674. The summed E-state index contributed by atoms with van der Waals surface area (Å²) < 4.78 is 17.2. The number of hydrogen-bond donors (Lipinski definition) is 2. The number of hydrogen-bond acceptors (Lipinski definition) is 3.